The number of hydrogen-bond acceptors (Lipinski definition) is 4. The van der Waals surface area contributed by atoms with Crippen molar-refractivity contribution in [3.05, 3.63) is 41.7 Å². The van der Waals surface area contributed by atoms with Gasteiger partial charge in [-0.1, -0.05) is 0 Å². The van der Waals surface area contributed by atoms with Gasteiger partial charge in [-0.15, -0.1) is 0 Å². The molecule has 0 N–H and O–H groups in total. The summed E-state index contributed by atoms with van der Waals surface area (Å²) in [4.78, 5) is 16.7. The van der Waals surface area contributed by atoms with Crippen LogP contribution in [0.25, 0.3) is 5.69 Å². The molecule has 0 spiro atoms. The Hall–Kier alpha value is -2.55. The van der Waals surface area contributed by atoms with Crippen molar-refractivity contribution in [1.29, 1.82) is 0 Å². The first-order valence-corrected chi connectivity index (χ1v) is 6.41. The van der Waals surface area contributed by atoms with Crippen LogP contribution >= 0.6 is 0 Å². The Bertz CT molecular complexity index is 696. The molecule has 1 amide bonds. The number of amides is 1. The first kappa shape index (κ1) is 16.8. The molecule has 2 rings (SSSR count). The van der Waals surface area contributed by atoms with Crippen LogP contribution < -0.4 is 4.74 Å². The molecule has 0 aliphatic carbocycles. The SMILES string of the molecule is COc1ccc(-n2ncc(C(=O)N(C)OC)c2C(F)(F)F)cc1. The van der Waals surface area contributed by atoms with Crippen LogP contribution in [0.5, 0.6) is 5.75 Å². The van der Waals surface area contributed by atoms with Crippen molar-refractivity contribution in [2.75, 3.05) is 21.3 Å². The fourth-order valence-electron chi connectivity index (χ4n) is 1.95. The third-order valence-corrected chi connectivity index (χ3v) is 3.15. The highest BCUT2D eigenvalue weighted by molar-refractivity contribution is 5.94. The minimum atomic E-state index is -4.77. The molecule has 0 bridgehead atoms. The molecule has 6 nitrogen and oxygen atoms in total. The summed E-state index contributed by atoms with van der Waals surface area (Å²) in [5, 5.41) is 4.40. The van der Waals surface area contributed by atoms with E-state index in [1.54, 1.807) is 0 Å². The fraction of sp³-hybridized carbons (Fsp3) is 0.286. The molecule has 124 valence electrons. The number of halogens is 3. The molecule has 0 unspecified atom stereocenters. The summed E-state index contributed by atoms with van der Waals surface area (Å²) in [7, 11) is 3.84. The maximum absolute atomic E-state index is 13.4. The van der Waals surface area contributed by atoms with E-state index in [-0.39, 0.29) is 5.69 Å². The van der Waals surface area contributed by atoms with Crippen LogP contribution in [0.4, 0.5) is 13.2 Å². The molecule has 0 aliphatic rings. The Kier molecular flexibility index (Phi) is 4.60. The number of carbonyl (C=O) groups excluding carboxylic acids is 1. The van der Waals surface area contributed by atoms with E-state index in [2.05, 4.69) is 9.94 Å². The van der Waals surface area contributed by atoms with Gasteiger partial charge in [-0.25, -0.2) is 9.75 Å². The van der Waals surface area contributed by atoms with E-state index < -0.39 is 23.3 Å². The lowest BCUT2D eigenvalue weighted by Gasteiger charge is -2.16. The molecule has 23 heavy (non-hydrogen) atoms. The standard InChI is InChI=1S/C14H14F3N3O3/c1-19(23-3)13(21)11-8-18-20(12(11)14(15,16)17)9-4-6-10(22-2)7-5-9/h4-8H,1-3H3. The number of methoxy groups -OCH3 is 1. The topological polar surface area (TPSA) is 56.6 Å². The molecule has 0 aliphatic heterocycles. The van der Waals surface area contributed by atoms with Gasteiger partial charge in [0.05, 0.1) is 31.7 Å². The average Bonchev–Trinajstić information content (AvgIpc) is 2.98. The number of alkyl halides is 3. The predicted octanol–water partition coefficient (Wildman–Crippen LogP) is 2.53. The lowest BCUT2D eigenvalue weighted by molar-refractivity contribution is -0.143. The summed E-state index contributed by atoms with van der Waals surface area (Å²) in [5.74, 6) is -0.454. The summed E-state index contributed by atoms with van der Waals surface area (Å²) < 4.78 is 45.8. The maximum atomic E-state index is 13.4. The highest BCUT2D eigenvalue weighted by Crippen LogP contribution is 2.34. The van der Waals surface area contributed by atoms with E-state index in [9.17, 15) is 18.0 Å². The molecule has 9 heteroatoms. The zero-order valence-corrected chi connectivity index (χ0v) is 12.6. The zero-order chi connectivity index (χ0) is 17.2. The van der Waals surface area contributed by atoms with E-state index in [0.29, 0.717) is 15.5 Å². The van der Waals surface area contributed by atoms with Crippen LogP contribution in [0.15, 0.2) is 30.5 Å². The van der Waals surface area contributed by atoms with E-state index in [0.717, 1.165) is 6.20 Å². The molecular weight excluding hydrogens is 315 g/mol. The van der Waals surface area contributed by atoms with Gasteiger partial charge in [0.25, 0.3) is 5.91 Å². The van der Waals surface area contributed by atoms with Crippen LogP contribution in [0.2, 0.25) is 0 Å². The maximum Gasteiger partial charge on any atom is 0.434 e. The van der Waals surface area contributed by atoms with Crippen molar-refractivity contribution in [2.45, 2.75) is 6.18 Å². The third kappa shape index (κ3) is 3.29. The first-order chi connectivity index (χ1) is 10.8. The number of benzene rings is 1. The third-order valence-electron chi connectivity index (χ3n) is 3.15. The molecule has 2 aromatic rings. The Balaban J connectivity index is 2.56. The van der Waals surface area contributed by atoms with Crippen LogP contribution in [0, 0.1) is 0 Å². The Morgan fingerprint density at radius 1 is 1.22 bits per heavy atom. The van der Waals surface area contributed by atoms with Gasteiger partial charge in [0.15, 0.2) is 5.69 Å². The summed E-state index contributed by atoms with van der Waals surface area (Å²) in [6, 6.07) is 5.82. The van der Waals surface area contributed by atoms with Gasteiger partial charge in [-0.05, 0) is 24.3 Å². The molecular formula is C14H14F3N3O3. The molecule has 1 aromatic heterocycles. The molecule has 0 atom stereocenters. The van der Waals surface area contributed by atoms with Gasteiger partial charge in [-0.3, -0.25) is 9.63 Å². The summed E-state index contributed by atoms with van der Waals surface area (Å²) in [6.45, 7) is 0. The number of ether oxygens (including phenoxy) is 1. The highest BCUT2D eigenvalue weighted by atomic mass is 19.4. The number of rotatable bonds is 4. The molecule has 0 fully saturated rings. The number of carbonyl (C=O) groups is 1. The molecule has 0 saturated carbocycles. The van der Waals surface area contributed by atoms with Crippen molar-refractivity contribution >= 4 is 5.91 Å². The summed E-state index contributed by atoms with van der Waals surface area (Å²) in [5.41, 5.74) is -1.62. The second kappa shape index (κ2) is 6.29. The first-order valence-electron chi connectivity index (χ1n) is 6.41. The van der Waals surface area contributed by atoms with Gasteiger partial charge < -0.3 is 4.74 Å². The van der Waals surface area contributed by atoms with E-state index in [1.807, 2.05) is 0 Å². The number of aromatic nitrogens is 2. The Morgan fingerprint density at radius 3 is 2.30 bits per heavy atom. The van der Waals surface area contributed by atoms with Gasteiger partial charge in [-0.2, -0.15) is 18.3 Å². The molecule has 0 radical (unpaired) electrons. The van der Waals surface area contributed by atoms with Crippen LogP contribution in [0.3, 0.4) is 0 Å². The lowest BCUT2D eigenvalue weighted by atomic mass is 10.2. The van der Waals surface area contributed by atoms with Crippen LogP contribution in [0.1, 0.15) is 16.1 Å². The van der Waals surface area contributed by atoms with Crippen molar-refractivity contribution in [2.24, 2.45) is 0 Å². The largest absolute Gasteiger partial charge is 0.497 e. The Labute approximate surface area is 130 Å². The number of hydroxylamine groups is 2. The van der Waals surface area contributed by atoms with Crippen LogP contribution in [-0.2, 0) is 11.0 Å². The second-order valence-electron chi connectivity index (χ2n) is 4.50. The lowest BCUT2D eigenvalue weighted by Crippen LogP contribution is -2.28. The molecule has 0 saturated heterocycles. The van der Waals surface area contributed by atoms with Gasteiger partial charge >= 0.3 is 6.18 Å². The zero-order valence-electron chi connectivity index (χ0n) is 12.6. The Morgan fingerprint density at radius 2 is 1.83 bits per heavy atom. The van der Waals surface area contributed by atoms with E-state index in [4.69, 9.17) is 4.74 Å². The van der Waals surface area contributed by atoms with Gasteiger partial charge in [0, 0.05) is 7.05 Å². The normalized spacial score (nSPS) is 11.4. The number of hydrogen-bond donors (Lipinski definition) is 0. The minimum absolute atomic E-state index is 0.150. The minimum Gasteiger partial charge on any atom is -0.497 e. The van der Waals surface area contributed by atoms with Crippen molar-refractivity contribution < 1.29 is 27.5 Å². The molecule has 1 heterocycles. The molecule has 1 aromatic carbocycles. The van der Waals surface area contributed by atoms with E-state index >= 15 is 0 Å². The fourth-order valence-corrected chi connectivity index (χ4v) is 1.95. The smallest absolute Gasteiger partial charge is 0.434 e. The number of nitrogens with zero attached hydrogens (tertiary/aromatic N) is 3. The summed E-state index contributed by atoms with van der Waals surface area (Å²) >= 11 is 0. The van der Waals surface area contributed by atoms with Crippen LogP contribution in [-0.4, -0.2) is 42.0 Å². The van der Waals surface area contributed by atoms with Gasteiger partial charge in [0.2, 0.25) is 0 Å². The monoisotopic (exact) mass is 329 g/mol. The summed E-state index contributed by atoms with van der Waals surface area (Å²) in [6.07, 6.45) is -3.90. The van der Waals surface area contributed by atoms with Crippen molar-refractivity contribution in [3.63, 3.8) is 0 Å². The van der Waals surface area contributed by atoms with Gasteiger partial charge in [0.1, 0.15) is 5.75 Å². The quantitative estimate of drug-likeness (QED) is 0.809. The average molecular weight is 329 g/mol. The van der Waals surface area contributed by atoms with E-state index in [1.165, 1.54) is 45.5 Å². The van der Waals surface area contributed by atoms with Crippen molar-refractivity contribution in [1.82, 2.24) is 14.8 Å². The predicted molar refractivity (Wildman–Crippen MR) is 74.2 cm³/mol. The highest BCUT2D eigenvalue weighted by Gasteiger charge is 2.41. The van der Waals surface area contributed by atoms with Crippen molar-refractivity contribution in [3.8, 4) is 11.4 Å². The second-order valence-corrected chi connectivity index (χ2v) is 4.50.